The number of aliphatic hydroxyl groups is 1. The van der Waals surface area contributed by atoms with E-state index in [-0.39, 0.29) is 18.4 Å². The number of carboxylic acid groups (broad SMARTS) is 1. The van der Waals surface area contributed by atoms with E-state index in [9.17, 15) is 14.7 Å². The normalized spacial score (nSPS) is 33.1. The molecule has 0 spiro atoms. The molecule has 2 fully saturated rings. The Hall–Kier alpha value is -1.10. The van der Waals surface area contributed by atoms with E-state index in [1.807, 2.05) is 4.90 Å². The third-order valence-electron chi connectivity index (χ3n) is 5.24. The number of carboxylic acids is 1. The Labute approximate surface area is 126 Å². The average Bonchev–Trinajstić information content (AvgIpc) is 2.91. The van der Waals surface area contributed by atoms with Crippen molar-refractivity contribution in [2.75, 3.05) is 19.7 Å². The quantitative estimate of drug-likeness (QED) is 0.810. The summed E-state index contributed by atoms with van der Waals surface area (Å²) in [6.45, 7) is 3.64. The van der Waals surface area contributed by atoms with Crippen LogP contribution >= 0.6 is 0 Å². The molecule has 1 amide bonds. The van der Waals surface area contributed by atoms with E-state index in [2.05, 4.69) is 6.92 Å². The third-order valence-corrected chi connectivity index (χ3v) is 5.24. The molecule has 5 nitrogen and oxygen atoms in total. The molecule has 2 aliphatic rings. The summed E-state index contributed by atoms with van der Waals surface area (Å²) in [5.41, 5.74) is 0. The molecule has 2 unspecified atom stereocenters. The summed E-state index contributed by atoms with van der Waals surface area (Å²) in [7, 11) is 0. The van der Waals surface area contributed by atoms with Gasteiger partial charge in [0.25, 0.3) is 0 Å². The van der Waals surface area contributed by atoms with Crippen LogP contribution in [0, 0.1) is 23.7 Å². The number of nitrogens with zero attached hydrogens (tertiary/aromatic N) is 1. The number of amides is 1. The van der Waals surface area contributed by atoms with Crippen molar-refractivity contribution in [1.29, 1.82) is 0 Å². The standard InChI is InChI=1S/C16H27NO4/c1-2-11-8-13(14(9-11)16(20)21)15(19)17-6-3-4-12(10-17)5-7-18/h11-14,18H,2-10H2,1H3,(H,20,21)/t11?,12?,13-,14+/m0/s1. The molecular formula is C16H27NO4. The smallest absolute Gasteiger partial charge is 0.307 e. The van der Waals surface area contributed by atoms with Crippen LogP contribution in [0.2, 0.25) is 0 Å². The summed E-state index contributed by atoms with van der Waals surface area (Å²) in [6, 6.07) is 0. The highest BCUT2D eigenvalue weighted by atomic mass is 16.4. The Morgan fingerprint density at radius 1 is 1.19 bits per heavy atom. The third kappa shape index (κ3) is 3.76. The van der Waals surface area contributed by atoms with E-state index in [4.69, 9.17) is 5.11 Å². The molecule has 1 saturated heterocycles. The lowest BCUT2D eigenvalue weighted by Crippen LogP contribution is -2.44. The van der Waals surface area contributed by atoms with Gasteiger partial charge in [-0.05, 0) is 43.9 Å². The fraction of sp³-hybridized carbons (Fsp3) is 0.875. The summed E-state index contributed by atoms with van der Waals surface area (Å²) in [5.74, 6) is -0.937. The fourth-order valence-electron chi connectivity index (χ4n) is 3.94. The van der Waals surface area contributed by atoms with Gasteiger partial charge in [-0.1, -0.05) is 13.3 Å². The summed E-state index contributed by atoms with van der Waals surface area (Å²) in [5, 5.41) is 18.4. The first-order valence-electron chi connectivity index (χ1n) is 8.19. The molecule has 4 atom stereocenters. The molecule has 1 heterocycles. The van der Waals surface area contributed by atoms with E-state index in [0.29, 0.717) is 31.2 Å². The van der Waals surface area contributed by atoms with Gasteiger partial charge in [0.15, 0.2) is 0 Å². The molecule has 1 aliphatic heterocycles. The molecule has 0 aromatic heterocycles. The fourth-order valence-corrected chi connectivity index (χ4v) is 3.94. The van der Waals surface area contributed by atoms with Gasteiger partial charge >= 0.3 is 5.97 Å². The van der Waals surface area contributed by atoms with Crippen molar-refractivity contribution in [2.24, 2.45) is 23.7 Å². The predicted octanol–water partition coefficient (Wildman–Crippen LogP) is 1.74. The maximum Gasteiger partial charge on any atom is 0.307 e. The molecule has 5 heteroatoms. The van der Waals surface area contributed by atoms with Crippen LogP contribution in [0.1, 0.15) is 45.4 Å². The van der Waals surface area contributed by atoms with Crippen molar-refractivity contribution in [3.8, 4) is 0 Å². The number of hydrogen-bond acceptors (Lipinski definition) is 3. The lowest BCUT2D eigenvalue weighted by Gasteiger charge is -2.35. The predicted molar refractivity (Wildman–Crippen MR) is 78.6 cm³/mol. The van der Waals surface area contributed by atoms with E-state index < -0.39 is 11.9 Å². The van der Waals surface area contributed by atoms with Crippen LogP contribution in [0.4, 0.5) is 0 Å². The van der Waals surface area contributed by atoms with E-state index >= 15 is 0 Å². The highest BCUT2D eigenvalue weighted by Crippen LogP contribution is 2.40. The van der Waals surface area contributed by atoms with Crippen molar-refractivity contribution < 1.29 is 19.8 Å². The second-order valence-electron chi connectivity index (χ2n) is 6.60. The van der Waals surface area contributed by atoms with Crippen LogP contribution in [0.25, 0.3) is 0 Å². The highest BCUT2D eigenvalue weighted by Gasteiger charge is 2.44. The van der Waals surface area contributed by atoms with Gasteiger partial charge in [-0.3, -0.25) is 9.59 Å². The minimum atomic E-state index is -0.826. The SMILES string of the molecule is CCC1C[C@H](C(=O)N2CCCC(CCO)C2)[C@H](C(=O)O)C1. The monoisotopic (exact) mass is 297 g/mol. The van der Waals surface area contributed by atoms with Crippen molar-refractivity contribution in [3.05, 3.63) is 0 Å². The topological polar surface area (TPSA) is 77.8 Å². The number of aliphatic carboxylic acids is 1. The van der Waals surface area contributed by atoms with Gasteiger partial charge in [-0.15, -0.1) is 0 Å². The van der Waals surface area contributed by atoms with Gasteiger partial charge in [0.2, 0.25) is 5.91 Å². The van der Waals surface area contributed by atoms with Crippen molar-refractivity contribution in [3.63, 3.8) is 0 Å². The molecule has 1 saturated carbocycles. The van der Waals surface area contributed by atoms with Crippen LogP contribution in [-0.2, 0) is 9.59 Å². The average molecular weight is 297 g/mol. The second-order valence-corrected chi connectivity index (χ2v) is 6.60. The zero-order valence-electron chi connectivity index (χ0n) is 12.8. The molecule has 0 radical (unpaired) electrons. The molecule has 21 heavy (non-hydrogen) atoms. The number of hydrogen-bond donors (Lipinski definition) is 2. The number of carbonyl (C=O) groups is 2. The summed E-state index contributed by atoms with van der Waals surface area (Å²) >= 11 is 0. The first-order valence-corrected chi connectivity index (χ1v) is 8.19. The molecule has 2 rings (SSSR count). The summed E-state index contributed by atoms with van der Waals surface area (Å²) < 4.78 is 0. The number of rotatable bonds is 5. The Kier molecular flexibility index (Phi) is 5.62. The number of piperidine rings is 1. The maximum atomic E-state index is 12.7. The number of carbonyl (C=O) groups excluding carboxylic acids is 1. The zero-order valence-corrected chi connectivity index (χ0v) is 12.8. The van der Waals surface area contributed by atoms with Gasteiger partial charge in [0, 0.05) is 19.7 Å². The largest absolute Gasteiger partial charge is 0.481 e. The van der Waals surface area contributed by atoms with Crippen LogP contribution in [-0.4, -0.2) is 46.7 Å². The van der Waals surface area contributed by atoms with Crippen LogP contribution < -0.4 is 0 Å². The Balaban J connectivity index is 2.02. The molecule has 0 aromatic rings. The first kappa shape index (κ1) is 16.3. The van der Waals surface area contributed by atoms with Crippen molar-refractivity contribution in [2.45, 2.75) is 45.4 Å². The van der Waals surface area contributed by atoms with Crippen LogP contribution in [0.15, 0.2) is 0 Å². The van der Waals surface area contributed by atoms with Crippen LogP contribution in [0.5, 0.6) is 0 Å². The van der Waals surface area contributed by atoms with Gasteiger partial charge in [-0.2, -0.15) is 0 Å². The summed E-state index contributed by atoms with van der Waals surface area (Å²) in [6.07, 6.45) is 5.03. The van der Waals surface area contributed by atoms with E-state index in [0.717, 1.165) is 32.2 Å². The second kappa shape index (κ2) is 7.25. The maximum absolute atomic E-state index is 12.7. The first-order chi connectivity index (χ1) is 10.1. The van der Waals surface area contributed by atoms with Crippen LogP contribution in [0.3, 0.4) is 0 Å². The molecule has 0 bridgehead atoms. The van der Waals surface area contributed by atoms with E-state index in [1.54, 1.807) is 0 Å². The molecule has 0 aromatic carbocycles. The Bertz CT molecular complexity index is 382. The Morgan fingerprint density at radius 3 is 2.52 bits per heavy atom. The van der Waals surface area contributed by atoms with Gasteiger partial charge in [0.1, 0.15) is 0 Å². The zero-order chi connectivity index (χ0) is 15.4. The molecular weight excluding hydrogens is 270 g/mol. The minimum Gasteiger partial charge on any atom is -0.481 e. The molecule has 2 N–H and O–H groups in total. The Morgan fingerprint density at radius 2 is 1.90 bits per heavy atom. The lowest BCUT2D eigenvalue weighted by atomic mass is 9.91. The lowest BCUT2D eigenvalue weighted by molar-refractivity contribution is -0.149. The van der Waals surface area contributed by atoms with E-state index in [1.165, 1.54) is 0 Å². The number of likely N-dealkylation sites (tertiary alicyclic amines) is 1. The highest BCUT2D eigenvalue weighted by molar-refractivity contribution is 5.85. The van der Waals surface area contributed by atoms with Crippen molar-refractivity contribution >= 4 is 11.9 Å². The van der Waals surface area contributed by atoms with Gasteiger partial charge in [-0.25, -0.2) is 0 Å². The molecule has 120 valence electrons. The minimum absolute atomic E-state index is 0.0287. The van der Waals surface area contributed by atoms with Crippen molar-refractivity contribution in [1.82, 2.24) is 4.90 Å². The van der Waals surface area contributed by atoms with Gasteiger partial charge < -0.3 is 15.1 Å². The van der Waals surface area contributed by atoms with Gasteiger partial charge in [0.05, 0.1) is 11.8 Å². The number of aliphatic hydroxyl groups excluding tert-OH is 1. The summed E-state index contributed by atoms with van der Waals surface area (Å²) in [4.78, 5) is 26.0. The molecule has 1 aliphatic carbocycles.